The molecule has 2 aromatic rings. The third-order valence-electron chi connectivity index (χ3n) is 3.41. The summed E-state index contributed by atoms with van der Waals surface area (Å²) in [7, 11) is 1.61. The Kier molecular flexibility index (Phi) is 5.05. The molecule has 6 heteroatoms. The van der Waals surface area contributed by atoms with Crippen molar-refractivity contribution in [2.45, 2.75) is 0 Å². The maximum Gasteiger partial charge on any atom is 0.248 e. The zero-order chi connectivity index (χ0) is 16.9. The minimum Gasteiger partial charge on any atom is -0.496 e. The van der Waals surface area contributed by atoms with Gasteiger partial charge >= 0.3 is 0 Å². The highest BCUT2D eigenvalue weighted by atomic mass is 79.9. The van der Waals surface area contributed by atoms with Gasteiger partial charge < -0.3 is 19.5 Å². The highest BCUT2D eigenvalue weighted by Gasteiger charge is 2.12. The average Bonchev–Trinajstić information content (AvgIpc) is 2.60. The number of halogens is 1. The summed E-state index contributed by atoms with van der Waals surface area (Å²) in [4.78, 5) is 12.1. The molecule has 0 fully saturated rings. The molecule has 5 nitrogen and oxygen atoms in total. The number of nitrogens with one attached hydrogen (secondary N) is 1. The van der Waals surface area contributed by atoms with Crippen LogP contribution in [-0.4, -0.2) is 26.2 Å². The molecular formula is C18H16BrNO4. The van der Waals surface area contributed by atoms with E-state index in [2.05, 4.69) is 21.2 Å². The van der Waals surface area contributed by atoms with E-state index in [1.54, 1.807) is 31.4 Å². The maximum atomic E-state index is 12.1. The fraction of sp³-hybridized carbons (Fsp3) is 0.167. The van der Waals surface area contributed by atoms with Crippen LogP contribution in [0.5, 0.6) is 17.2 Å². The molecule has 124 valence electrons. The number of fused-ring (bicyclic) bond motifs is 1. The monoisotopic (exact) mass is 389 g/mol. The van der Waals surface area contributed by atoms with Crippen molar-refractivity contribution < 1.29 is 19.0 Å². The molecule has 0 unspecified atom stereocenters. The Morgan fingerprint density at radius 2 is 1.96 bits per heavy atom. The summed E-state index contributed by atoms with van der Waals surface area (Å²) in [5, 5.41) is 2.80. The summed E-state index contributed by atoms with van der Waals surface area (Å²) >= 11 is 3.42. The van der Waals surface area contributed by atoms with Crippen molar-refractivity contribution >= 4 is 33.6 Å². The zero-order valence-corrected chi connectivity index (χ0v) is 14.6. The van der Waals surface area contributed by atoms with E-state index in [0.717, 1.165) is 15.8 Å². The smallest absolute Gasteiger partial charge is 0.248 e. The second kappa shape index (κ2) is 7.40. The van der Waals surface area contributed by atoms with Crippen LogP contribution in [0.25, 0.3) is 6.08 Å². The third kappa shape index (κ3) is 3.89. The second-order valence-corrected chi connectivity index (χ2v) is 5.93. The third-order valence-corrected chi connectivity index (χ3v) is 4.03. The summed E-state index contributed by atoms with van der Waals surface area (Å²) < 4.78 is 17.0. The first-order chi connectivity index (χ1) is 11.7. The Morgan fingerprint density at radius 1 is 1.17 bits per heavy atom. The standard InChI is InChI=1S/C18H16BrNO4/c1-22-15-5-2-12(10-14(15)19)3-7-18(21)20-13-4-6-16-17(11-13)24-9-8-23-16/h2-7,10-11H,8-9H2,1H3,(H,20,21). The Labute approximate surface area is 148 Å². The molecule has 0 saturated carbocycles. The van der Waals surface area contributed by atoms with Gasteiger partial charge in [-0.25, -0.2) is 0 Å². The fourth-order valence-electron chi connectivity index (χ4n) is 2.26. The van der Waals surface area contributed by atoms with Gasteiger partial charge in [0.1, 0.15) is 19.0 Å². The highest BCUT2D eigenvalue weighted by molar-refractivity contribution is 9.10. The van der Waals surface area contributed by atoms with Crippen LogP contribution in [0.4, 0.5) is 5.69 Å². The fourth-order valence-corrected chi connectivity index (χ4v) is 2.82. The van der Waals surface area contributed by atoms with Gasteiger partial charge in [-0.3, -0.25) is 4.79 Å². The van der Waals surface area contributed by atoms with Crippen molar-refractivity contribution in [3.8, 4) is 17.2 Å². The van der Waals surface area contributed by atoms with Crippen LogP contribution in [0, 0.1) is 0 Å². The van der Waals surface area contributed by atoms with Crippen molar-refractivity contribution in [3.05, 3.63) is 52.5 Å². The summed E-state index contributed by atoms with van der Waals surface area (Å²) in [5.74, 6) is 1.85. The van der Waals surface area contributed by atoms with Crippen LogP contribution in [0.15, 0.2) is 46.9 Å². The Balaban J connectivity index is 1.66. The van der Waals surface area contributed by atoms with E-state index in [0.29, 0.717) is 30.4 Å². The zero-order valence-electron chi connectivity index (χ0n) is 13.0. The van der Waals surface area contributed by atoms with Crippen LogP contribution in [0.2, 0.25) is 0 Å². The first kappa shape index (κ1) is 16.4. The summed E-state index contributed by atoms with van der Waals surface area (Å²) in [6.07, 6.45) is 3.21. The lowest BCUT2D eigenvalue weighted by molar-refractivity contribution is -0.111. The number of rotatable bonds is 4. The number of carbonyl (C=O) groups excluding carboxylic acids is 1. The van der Waals surface area contributed by atoms with E-state index in [-0.39, 0.29) is 5.91 Å². The molecule has 1 aliphatic rings. The van der Waals surface area contributed by atoms with E-state index in [1.807, 2.05) is 18.2 Å². The van der Waals surface area contributed by atoms with Crippen LogP contribution in [-0.2, 0) is 4.79 Å². The average molecular weight is 390 g/mol. The number of anilines is 1. The summed E-state index contributed by atoms with van der Waals surface area (Å²) in [6, 6.07) is 10.9. The largest absolute Gasteiger partial charge is 0.496 e. The predicted octanol–water partition coefficient (Wildman–Crippen LogP) is 3.88. The number of hydrogen-bond acceptors (Lipinski definition) is 4. The van der Waals surface area contributed by atoms with Crippen molar-refractivity contribution in [2.75, 3.05) is 25.6 Å². The molecule has 1 N–H and O–H groups in total. The number of hydrogen-bond donors (Lipinski definition) is 1. The van der Waals surface area contributed by atoms with E-state index in [4.69, 9.17) is 14.2 Å². The molecule has 2 aromatic carbocycles. The van der Waals surface area contributed by atoms with Crippen molar-refractivity contribution in [1.82, 2.24) is 0 Å². The van der Waals surface area contributed by atoms with Gasteiger partial charge in [0.25, 0.3) is 0 Å². The van der Waals surface area contributed by atoms with E-state index in [1.165, 1.54) is 6.08 Å². The first-order valence-electron chi connectivity index (χ1n) is 7.38. The number of benzene rings is 2. The molecule has 3 rings (SSSR count). The molecule has 0 bridgehead atoms. The van der Waals surface area contributed by atoms with Crippen LogP contribution in [0.3, 0.4) is 0 Å². The van der Waals surface area contributed by atoms with Crippen LogP contribution in [0.1, 0.15) is 5.56 Å². The second-order valence-electron chi connectivity index (χ2n) is 5.08. The van der Waals surface area contributed by atoms with Gasteiger partial charge in [-0.05, 0) is 51.8 Å². The van der Waals surface area contributed by atoms with Gasteiger partial charge in [-0.1, -0.05) is 6.07 Å². The van der Waals surface area contributed by atoms with Crippen molar-refractivity contribution in [3.63, 3.8) is 0 Å². The topological polar surface area (TPSA) is 56.8 Å². The maximum absolute atomic E-state index is 12.1. The van der Waals surface area contributed by atoms with Gasteiger partial charge in [0.2, 0.25) is 5.91 Å². The minimum absolute atomic E-state index is 0.224. The van der Waals surface area contributed by atoms with Crippen molar-refractivity contribution in [1.29, 1.82) is 0 Å². The molecular weight excluding hydrogens is 374 g/mol. The van der Waals surface area contributed by atoms with Crippen LogP contribution < -0.4 is 19.5 Å². The SMILES string of the molecule is COc1ccc(C=CC(=O)Nc2ccc3c(c2)OCCO3)cc1Br. The van der Waals surface area contributed by atoms with E-state index in [9.17, 15) is 4.79 Å². The lowest BCUT2D eigenvalue weighted by Gasteiger charge is -2.18. The molecule has 0 saturated heterocycles. The summed E-state index contributed by atoms with van der Waals surface area (Å²) in [6.45, 7) is 1.05. The quantitative estimate of drug-likeness (QED) is 0.806. The Bertz CT molecular complexity index is 789. The van der Waals surface area contributed by atoms with Gasteiger partial charge in [0.05, 0.1) is 11.6 Å². The van der Waals surface area contributed by atoms with Gasteiger partial charge in [0.15, 0.2) is 11.5 Å². The Morgan fingerprint density at radius 3 is 2.71 bits per heavy atom. The Hall–Kier alpha value is -2.47. The van der Waals surface area contributed by atoms with E-state index < -0.39 is 0 Å². The van der Waals surface area contributed by atoms with Crippen molar-refractivity contribution in [2.24, 2.45) is 0 Å². The molecule has 1 amide bonds. The van der Waals surface area contributed by atoms with E-state index >= 15 is 0 Å². The van der Waals surface area contributed by atoms with Crippen LogP contribution >= 0.6 is 15.9 Å². The lowest BCUT2D eigenvalue weighted by atomic mass is 10.2. The number of amides is 1. The highest BCUT2D eigenvalue weighted by Crippen LogP contribution is 2.32. The number of methoxy groups -OCH3 is 1. The normalized spacial score (nSPS) is 12.9. The molecule has 24 heavy (non-hydrogen) atoms. The molecule has 0 atom stereocenters. The molecule has 0 spiro atoms. The van der Waals surface area contributed by atoms with Gasteiger partial charge in [-0.2, -0.15) is 0 Å². The lowest BCUT2D eigenvalue weighted by Crippen LogP contribution is -2.16. The molecule has 0 radical (unpaired) electrons. The minimum atomic E-state index is -0.224. The molecule has 0 aliphatic carbocycles. The summed E-state index contributed by atoms with van der Waals surface area (Å²) in [5.41, 5.74) is 1.55. The number of carbonyl (C=O) groups is 1. The molecule has 1 aliphatic heterocycles. The molecule has 1 heterocycles. The number of ether oxygens (including phenoxy) is 3. The first-order valence-corrected chi connectivity index (χ1v) is 8.17. The molecule has 0 aromatic heterocycles. The predicted molar refractivity (Wildman–Crippen MR) is 95.8 cm³/mol. The van der Waals surface area contributed by atoms with Gasteiger partial charge in [-0.15, -0.1) is 0 Å². The van der Waals surface area contributed by atoms with Gasteiger partial charge in [0, 0.05) is 17.8 Å².